The molecule has 3 aromatic rings. The highest BCUT2D eigenvalue weighted by atomic mass is 32.1. The molecule has 0 aliphatic carbocycles. The first kappa shape index (κ1) is 11.6. The van der Waals surface area contributed by atoms with Crippen LogP contribution < -0.4 is 11.5 Å². The van der Waals surface area contributed by atoms with Crippen LogP contribution in [0.5, 0.6) is 0 Å². The van der Waals surface area contributed by atoms with Gasteiger partial charge in [-0.2, -0.15) is 5.26 Å². The third-order valence-electron chi connectivity index (χ3n) is 2.97. The van der Waals surface area contributed by atoms with E-state index in [1.165, 1.54) is 11.3 Å². The molecule has 0 saturated heterocycles. The summed E-state index contributed by atoms with van der Waals surface area (Å²) in [5, 5.41) is 10.0. The molecule has 3 aromatic heterocycles. The predicted octanol–water partition coefficient (Wildman–Crippen LogP) is 2.90. The largest absolute Gasteiger partial charge is 0.464 e. The fourth-order valence-corrected chi connectivity index (χ4v) is 3.02. The number of fused-ring (bicyclic) bond motifs is 1. The minimum atomic E-state index is 0.197. The molecule has 0 spiro atoms. The maximum Gasteiger partial charge on any atom is 0.143 e. The zero-order valence-electron chi connectivity index (χ0n) is 10.1. The van der Waals surface area contributed by atoms with Gasteiger partial charge in [0, 0.05) is 10.3 Å². The summed E-state index contributed by atoms with van der Waals surface area (Å²) in [4.78, 5) is 5.92. The van der Waals surface area contributed by atoms with Crippen LogP contribution in [0, 0.1) is 18.3 Å². The lowest BCUT2D eigenvalue weighted by Crippen LogP contribution is -1.98. The summed E-state index contributed by atoms with van der Waals surface area (Å²) in [5.41, 5.74) is 13.5. The highest BCUT2D eigenvalue weighted by molar-refractivity contribution is 7.19. The van der Waals surface area contributed by atoms with E-state index in [9.17, 15) is 5.26 Å². The number of nitrogen functional groups attached to an aromatic ring is 2. The van der Waals surface area contributed by atoms with E-state index in [0.29, 0.717) is 22.6 Å². The molecule has 94 valence electrons. The summed E-state index contributed by atoms with van der Waals surface area (Å²) in [5.74, 6) is 0.766. The van der Waals surface area contributed by atoms with Gasteiger partial charge in [-0.25, -0.2) is 4.98 Å². The maximum absolute atomic E-state index is 9.31. The van der Waals surface area contributed by atoms with Gasteiger partial charge in [-0.15, -0.1) is 11.3 Å². The average molecular weight is 270 g/mol. The molecule has 0 atom stereocenters. The van der Waals surface area contributed by atoms with E-state index in [1.807, 2.05) is 6.92 Å². The second-order valence-electron chi connectivity index (χ2n) is 4.09. The maximum atomic E-state index is 9.31. The number of nitriles is 1. The molecule has 19 heavy (non-hydrogen) atoms. The van der Waals surface area contributed by atoms with Crippen LogP contribution in [0.3, 0.4) is 0 Å². The van der Waals surface area contributed by atoms with Gasteiger partial charge in [-0.3, -0.25) is 0 Å². The Bertz CT molecular complexity index is 812. The number of pyridine rings is 1. The molecule has 5 nitrogen and oxygen atoms in total. The van der Waals surface area contributed by atoms with Gasteiger partial charge >= 0.3 is 0 Å². The predicted molar refractivity (Wildman–Crippen MR) is 75.6 cm³/mol. The second kappa shape index (κ2) is 4.00. The number of rotatable bonds is 1. The quantitative estimate of drug-likeness (QED) is 0.707. The van der Waals surface area contributed by atoms with Crippen LogP contribution in [0.25, 0.3) is 21.5 Å². The molecule has 3 rings (SSSR count). The fraction of sp³-hybridized carbons (Fsp3) is 0.0769. The Labute approximate surface area is 113 Å². The van der Waals surface area contributed by atoms with Crippen molar-refractivity contribution in [3.63, 3.8) is 0 Å². The summed E-state index contributed by atoms with van der Waals surface area (Å²) in [6.45, 7) is 1.91. The van der Waals surface area contributed by atoms with Crippen molar-refractivity contribution in [1.82, 2.24) is 4.98 Å². The molecule has 0 fully saturated rings. The Kier molecular flexibility index (Phi) is 2.44. The lowest BCUT2D eigenvalue weighted by Gasteiger charge is -2.06. The number of aromatic nitrogens is 1. The van der Waals surface area contributed by atoms with Crippen molar-refractivity contribution in [1.29, 1.82) is 5.26 Å². The van der Waals surface area contributed by atoms with E-state index in [0.717, 1.165) is 15.1 Å². The molecule has 0 amide bonds. The van der Waals surface area contributed by atoms with E-state index in [1.54, 1.807) is 18.4 Å². The fourth-order valence-electron chi connectivity index (χ4n) is 2.06. The number of anilines is 2. The molecule has 0 aliphatic heterocycles. The van der Waals surface area contributed by atoms with Crippen molar-refractivity contribution >= 4 is 33.1 Å². The smallest absolute Gasteiger partial charge is 0.143 e. The highest BCUT2D eigenvalue weighted by Gasteiger charge is 2.21. The summed E-state index contributed by atoms with van der Waals surface area (Å²) in [7, 11) is 0. The van der Waals surface area contributed by atoms with Gasteiger partial charge in [0.25, 0.3) is 0 Å². The second-order valence-corrected chi connectivity index (χ2v) is 5.29. The summed E-state index contributed by atoms with van der Waals surface area (Å²) < 4.78 is 5.40. The van der Waals surface area contributed by atoms with Crippen molar-refractivity contribution in [3.05, 3.63) is 28.8 Å². The van der Waals surface area contributed by atoms with Crippen LogP contribution in [0.15, 0.2) is 22.8 Å². The van der Waals surface area contributed by atoms with Crippen molar-refractivity contribution in [2.45, 2.75) is 6.92 Å². The van der Waals surface area contributed by atoms with Crippen LogP contribution in [0.2, 0.25) is 0 Å². The summed E-state index contributed by atoms with van der Waals surface area (Å²) in [6.07, 6.45) is 1.55. The van der Waals surface area contributed by atoms with Crippen molar-refractivity contribution in [2.75, 3.05) is 11.5 Å². The number of hydrogen-bond acceptors (Lipinski definition) is 6. The van der Waals surface area contributed by atoms with E-state index >= 15 is 0 Å². The lowest BCUT2D eigenvalue weighted by atomic mass is 10.0. The van der Waals surface area contributed by atoms with Gasteiger partial charge in [-0.1, -0.05) is 0 Å². The third-order valence-corrected chi connectivity index (χ3v) is 3.98. The molecule has 6 heteroatoms. The first-order chi connectivity index (χ1) is 9.13. The number of aryl methyl sites for hydroxylation is 1. The van der Waals surface area contributed by atoms with Crippen LogP contribution in [0.1, 0.15) is 10.4 Å². The number of thiophene rings is 1. The minimum absolute atomic E-state index is 0.197. The van der Waals surface area contributed by atoms with Gasteiger partial charge in [-0.05, 0) is 19.1 Å². The Morgan fingerprint density at radius 3 is 2.84 bits per heavy atom. The van der Waals surface area contributed by atoms with Crippen molar-refractivity contribution in [3.8, 4) is 17.4 Å². The van der Waals surface area contributed by atoms with Gasteiger partial charge in [0.05, 0.1) is 17.5 Å². The molecule has 0 aromatic carbocycles. The molecule has 4 N–H and O–H groups in total. The molecular weight excluding hydrogens is 260 g/mol. The minimum Gasteiger partial charge on any atom is -0.464 e. The Balaban J connectivity index is 2.55. The Morgan fingerprint density at radius 2 is 2.21 bits per heavy atom. The zero-order valence-corrected chi connectivity index (χ0v) is 10.9. The molecular formula is C13H10N4OS. The first-order valence-electron chi connectivity index (χ1n) is 5.55. The van der Waals surface area contributed by atoms with E-state index in [4.69, 9.17) is 15.9 Å². The van der Waals surface area contributed by atoms with Gasteiger partial charge < -0.3 is 15.9 Å². The standard InChI is InChI=1S/C13H10N4OS/c1-6-11(15)10-9(8-3-2-4-18-8)7(5-14)12(16)17-13(10)19-6/h2-4H,15H2,1H3,(H2,16,17). The van der Waals surface area contributed by atoms with E-state index < -0.39 is 0 Å². The molecule has 0 aliphatic rings. The van der Waals surface area contributed by atoms with Gasteiger partial charge in [0.2, 0.25) is 0 Å². The monoisotopic (exact) mass is 270 g/mol. The van der Waals surface area contributed by atoms with Crippen LogP contribution in [-0.4, -0.2) is 4.98 Å². The number of nitrogens with zero attached hydrogens (tertiary/aromatic N) is 2. The molecule has 0 saturated carbocycles. The normalized spacial score (nSPS) is 10.7. The lowest BCUT2D eigenvalue weighted by molar-refractivity contribution is 0.583. The highest BCUT2D eigenvalue weighted by Crippen LogP contribution is 2.42. The van der Waals surface area contributed by atoms with E-state index in [2.05, 4.69) is 11.1 Å². The van der Waals surface area contributed by atoms with Gasteiger partial charge in [0.15, 0.2) is 0 Å². The molecule has 0 bridgehead atoms. The first-order valence-corrected chi connectivity index (χ1v) is 6.37. The molecule has 0 unspecified atom stereocenters. The molecule has 3 heterocycles. The molecule has 0 radical (unpaired) electrons. The third kappa shape index (κ3) is 1.56. The zero-order chi connectivity index (χ0) is 13.6. The van der Waals surface area contributed by atoms with Crippen molar-refractivity contribution < 1.29 is 4.42 Å². The van der Waals surface area contributed by atoms with Crippen LogP contribution in [-0.2, 0) is 0 Å². The average Bonchev–Trinajstić information content (AvgIpc) is 2.98. The SMILES string of the molecule is Cc1sc2nc(N)c(C#N)c(-c3ccco3)c2c1N. The summed E-state index contributed by atoms with van der Waals surface area (Å²) in [6, 6.07) is 5.62. The van der Waals surface area contributed by atoms with Gasteiger partial charge in [0.1, 0.15) is 28.0 Å². The Hall–Kier alpha value is -2.52. The number of hydrogen-bond donors (Lipinski definition) is 2. The topological polar surface area (TPSA) is 102 Å². The number of furan rings is 1. The van der Waals surface area contributed by atoms with Crippen LogP contribution in [0.4, 0.5) is 11.5 Å². The Morgan fingerprint density at radius 1 is 1.42 bits per heavy atom. The van der Waals surface area contributed by atoms with Crippen LogP contribution >= 0.6 is 11.3 Å². The van der Waals surface area contributed by atoms with E-state index in [-0.39, 0.29) is 5.82 Å². The number of nitrogens with two attached hydrogens (primary N) is 2. The summed E-state index contributed by atoms with van der Waals surface area (Å²) >= 11 is 1.46. The van der Waals surface area contributed by atoms with Crippen molar-refractivity contribution in [2.24, 2.45) is 0 Å².